The van der Waals surface area contributed by atoms with Gasteiger partial charge in [0.25, 0.3) is 0 Å². The molecule has 0 spiro atoms. The molecule has 0 heterocycles. The molecule has 0 bridgehead atoms. The molecular formula is C14H20O2. The Morgan fingerprint density at radius 2 is 1.94 bits per heavy atom. The Balaban J connectivity index is 1.67. The standard InChI is InChI=1S/C14H20O2/c1-2-16-14-7-5-12(6-8-14)9-10-15-11-13-3-4-13/h5-8,13H,2-4,9-11H2,1H3. The summed E-state index contributed by atoms with van der Waals surface area (Å²) in [5.41, 5.74) is 1.32. The van der Waals surface area contributed by atoms with Gasteiger partial charge in [-0.1, -0.05) is 12.1 Å². The second kappa shape index (κ2) is 5.90. The van der Waals surface area contributed by atoms with Crippen LogP contribution in [0.4, 0.5) is 0 Å². The predicted molar refractivity (Wildman–Crippen MR) is 64.9 cm³/mol. The molecule has 1 saturated carbocycles. The Kier molecular flexibility index (Phi) is 4.23. The molecule has 0 aromatic heterocycles. The maximum Gasteiger partial charge on any atom is 0.119 e. The zero-order valence-electron chi connectivity index (χ0n) is 9.95. The molecule has 0 unspecified atom stereocenters. The van der Waals surface area contributed by atoms with E-state index in [0.29, 0.717) is 0 Å². The van der Waals surface area contributed by atoms with E-state index < -0.39 is 0 Å². The molecule has 88 valence electrons. The molecule has 1 aromatic rings. The summed E-state index contributed by atoms with van der Waals surface area (Å²) in [4.78, 5) is 0. The lowest BCUT2D eigenvalue weighted by Crippen LogP contribution is -2.01. The van der Waals surface area contributed by atoms with Crippen molar-refractivity contribution in [1.82, 2.24) is 0 Å². The molecule has 2 rings (SSSR count). The van der Waals surface area contributed by atoms with E-state index in [1.54, 1.807) is 0 Å². The van der Waals surface area contributed by atoms with Crippen molar-refractivity contribution in [1.29, 1.82) is 0 Å². The van der Waals surface area contributed by atoms with Crippen LogP contribution in [0, 0.1) is 5.92 Å². The van der Waals surface area contributed by atoms with Crippen LogP contribution in [0.15, 0.2) is 24.3 Å². The van der Waals surface area contributed by atoms with Crippen molar-refractivity contribution in [2.75, 3.05) is 19.8 Å². The summed E-state index contributed by atoms with van der Waals surface area (Å²) in [5.74, 6) is 1.81. The molecular weight excluding hydrogens is 200 g/mol. The van der Waals surface area contributed by atoms with Gasteiger partial charge in [0, 0.05) is 6.61 Å². The summed E-state index contributed by atoms with van der Waals surface area (Å²) in [7, 11) is 0. The zero-order chi connectivity index (χ0) is 11.2. The van der Waals surface area contributed by atoms with Crippen LogP contribution < -0.4 is 4.74 Å². The van der Waals surface area contributed by atoms with Crippen LogP contribution in [0.5, 0.6) is 5.75 Å². The highest BCUT2D eigenvalue weighted by Gasteiger charge is 2.20. The Labute approximate surface area is 97.6 Å². The first kappa shape index (κ1) is 11.5. The van der Waals surface area contributed by atoms with E-state index in [2.05, 4.69) is 12.1 Å². The van der Waals surface area contributed by atoms with Gasteiger partial charge < -0.3 is 9.47 Å². The Hall–Kier alpha value is -1.02. The van der Waals surface area contributed by atoms with Crippen molar-refractivity contribution >= 4 is 0 Å². The monoisotopic (exact) mass is 220 g/mol. The van der Waals surface area contributed by atoms with Crippen molar-refractivity contribution in [2.24, 2.45) is 5.92 Å². The van der Waals surface area contributed by atoms with Crippen LogP contribution in [-0.4, -0.2) is 19.8 Å². The summed E-state index contributed by atoms with van der Waals surface area (Å²) >= 11 is 0. The Morgan fingerprint density at radius 3 is 2.56 bits per heavy atom. The fourth-order valence-electron chi connectivity index (χ4n) is 1.64. The minimum absolute atomic E-state index is 0.726. The molecule has 0 N–H and O–H groups in total. The summed E-state index contributed by atoms with van der Waals surface area (Å²) in [6.45, 7) is 4.52. The molecule has 16 heavy (non-hydrogen) atoms. The topological polar surface area (TPSA) is 18.5 Å². The Bertz CT molecular complexity index is 301. The predicted octanol–water partition coefficient (Wildman–Crippen LogP) is 3.05. The SMILES string of the molecule is CCOc1ccc(CCOCC2CC2)cc1. The molecule has 1 fully saturated rings. The lowest BCUT2D eigenvalue weighted by molar-refractivity contribution is 0.127. The molecule has 0 saturated heterocycles. The van der Waals surface area contributed by atoms with E-state index in [1.807, 2.05) is 19.1 Å². The van der Waals surface area contributed by atoms with Gasteiger partial charge in [0.15, 0.2) is 0 Å². The van der Waals surface area contributed by atoms with Gasteiger partial charge in [-0.3, -0.25) is 0 Å². The fraction of sp³-hybridized carbons (Fsp3) is 0.571. The molecule has 2 nitrogen and oxygen atoms in total. The first-order valence-electron chi connectivity index (χ1n) is 6.18. The van der Waals surface area contributed by atoms with Crippen molar-refractivity contribution in [3.05, 3.63) is 29.8 Å². The third-order valence-corrected chi connectivity index (χ3v) is 2.82. The normalized spacial score (nSPS) is 15.1. The number of benzene rings is 1. The van der Waals surface area contributed by atoms with Gasteiger partial charge in [-0.25, -0.2) is 0 Å². The second-order valence-electron chi connectivity index (χ2n) is 4.35. The van der Waals surface area contributed by atoms with E-state index in [1.165, 1.54) is 18.4 Å². The maximum atomic E-state index is 5.61. The van der Waals surface area contributed by atoms with Crippen molar-refractivity contribution < 1.29 is 9.47 Å². The molecule has 0 radical (unpaired) electrons. The minimum atomic E-state index is 0.726. The van der Waals surface area contributed by atoms with Crippen LogP contribution >= 0.6 is 0 Å². The average Bonchev–Trinajstić information content (AvgIpc) is 3.11. The third kappa shape index (κ3) is 3.86. The summed E-state index contributed by atoms with van der Waals surface area (Å²) in [5, 5.41) is 0. The quantitative estimate of drug-likeness (QED) is 0.657. The second-order valence-corrected chi connectivity index (χ2v) is 4.35. The van der Waals surface area contributed by atoms with Crippen LogP contribution in [-0.2, 0) is 11.2 Å². The summed E-state index contributed by atoms with van der Waals surface area (Å²) in [6, 6.07) is 8.29. The smallest absolute Gasteiger partial charge is 0.119 e. The van der Waals surface area contributed by atoms with Gasteiger partial charge in [-0.2, -0.15) is 0 Å². The van der Waals surface area contributed by atoms with Gasteiger partial charge >= 0.3 is 0 Å². The number of ether oxygens (including phenoxy) is 2. The minimum Gasteiger partial charge on any atom is -0.494 e. The third-order valence-electron chi connectivity index (χ3n) is 2.82. The van der Waals surface area contributed by atoms with Gasteiger partial charge in [-0.15, -0.1) is 0 Å². The molecule has 1 aliphatic rings. The van der Waals surface area contributed by atoms with Gasteiger partial charge in [0.1, 0.15) is 5.75 Å². The van der Waals surface area contributed by atoms with Gasteiger partial charge in [0.2, 0.25) is 0 Å². The van der Waals surface area contributed by atoms with E-state index >= 15 is 0 Å². The molecule has 1 aliphatic carbocycles. The number of hydrogen-bond donors (Lipinski definition) is 0. The lowest BCUT2D eigenvalue weighted by atomic mass is 10.1. The highest BCUT2D eigenvalue weighted by Crippen LogP contribution is 2.28. The zero-order valence-corrected chi connectivity index (χ0v) is 9.95. The van der Waals surface area contributed by atoms with Crippen LogP contribution in [0.1, 0.15) is 25.3 Å². The first-order valence-corrected chi connectivity index (χ1v) is 6.18. The van der Waals surface area contributed by atoms with E-state index in [0.717, 1.165) is 37.9 Å². The molecule has 1 aromatic carbocycles. The fourth-order valence-corrected chi connectivity index (χ4v) is 1.64. The van der Waals surface area contributed by atoms with Crippen LogP contribution in [0.2, 0.25) is 0 Å². The van der Waals surface area contributed by atoms with Crippen molar-refractivity contribution in [3.8, 4) is 5.75 Å². The van der Waals surface area contributed by atoms with E-state index in [9.17, 15) is 0 Å². The molecule has 0 aliphatic heterocycles. The van der Waals surface area contributed by atoms with E-state index in [4.69, 9.17) is 9.47 Å². The first-order chi connectivity index (χ1) is 7.88. The maximum absolute atomic E-state index is 5.61. The molecule has 0 atom stereocenters. The number of rotatable bonds is 7. The number of hydrogen-bond acceptors (Lipinski definition) is 2. The highest BCUT2D eigenvalue weighted by molar-refractivity contribution is 5.27. The van der Waals surface area contributed by atoms with Gasteiger partial charge in [-0.05, 0) is 49.8 Å². The van der Waals surface area contributed by atoms with Crippen molar-refractivity contribution in [3.63, 3.8) is 0 Å². The molecule has 0 amide bonds. The summed E-state index contributed by atoms with van der Waals surface area (Å²) < 4.78 is 11.0. The average molecular weight is 220 g/mol. The van der Waals surface area contributed by atoms with Crippen molar-refractivity contribution in [2.45, 2.75) is 26.2 Å². The van der Waals surface area contributed by atoms with E-state index in [-0.39, 0.29) is 0 Å². The summed E-state index contributed by atoms with van der Waals surface area (Å²) in [6.07, 6.45) is 3.73. The van der Waals surface area contributed by atoms with Crippen LogP contribution in [0.25, 0.3) is 0 Å². The highest BCUT2D eigenvalue weighted by atomic mass is 16.5. The molecule has 2 heteroatoms. The Morgan fingerprint density at radius 1 is 1.19 bits per heavy atom. The van der Waals surface area contributed by atoms with Gasteiger partial charge in [0.05, 0.1) is 13.2 Å². The van der Waals surface area contributed by atoms with Crippen LogP contribution in [0.3, 0.4) is 0 Å². The largest absolute Gasteiger partial charge is 0.494 e. The lowest BCUT2D eigenvalue weighted by Gasteiger charge is -2.05.